The number of nitrogens with zero attached hydrogens (tertiary/aromatic N) is 3. The van der Waals surface area contributed by atoms with Gasteiger partial charge in [0.1, 0.15) is 0 Å². The van der Waals surface area contributed by atoms with Gasteiger partial charge in [0.05, 0.1) is 0 Å². The van der Waals surface area contributed by atoms with Gasteiger partial charge in [-0.2, -0.15) is 0 Å². The van der Waals surface area contributed by atoms with Crippen LogP contribution < -0.4 is 14.8 Å². The van der Waals surface area contributed by atoms with E-state index in [9.17, 15) is 4.91 Å². The summed E-state index contributed by atoms with van der Waals surface area (Å²) in [5.41, 5.74) is 1.71. The third-order valence-electron chi connectivity index (χ3n) is 1.14. The maximum atomic E-state index is 10.3. The Morgan fingerprint density at radius 1 is 1.14 bits per heavy atom. The molecule has 1 heterocycles. The van der Waals surface area contributed by atoms with Gasteiger partial charge in [0.2, 0.25) is 0 Å². The molecule has 1 aromatic rings. The van der Waals surface area contributed by atoms with E-state index in [1.807, 2.05) is 0 Å². The minimum Gasteiger partial charge on any atom is -0.410 e. The molecule has 0 amide bonds. The Kier molecular flexibility index (Phi) is 3.50. The summed E-state index contributed by atoms with van der Waals surface area (Å²) in [4.78, 5) is 10.3. The van der Waals surface area contributed by atoms with Crippen molar-refractivity contribution in [1.82, 2.24) is 0 Å². The van der Waals surface area contributed by atoms with Crippen LogP contribution in [-0.2, 0) is 0 Å². The molecule has 0 saturated carbocycles. The third-order valence-corrected chi connectivity index (χ3v) is 3.29. The molecule has 0 radical (unpaired) electrons. The number of nitrogens with one attached hydrogen (secondary N) is 1. The maximum Gasteiger partial charge on any atom is 0.198 e. The standard InChI is InChI=1S/C4H4N4O4S2/c9-5-1-2(6-10)14-4(8-12)3(7-11)13-1/h5,9,11-12H/b7-3-,8-4+. The molecule has 76 valence electrons. The summed E-state index contributed by atoms with van der Waals surface area (Å²) in [6.45, 7) is 0. The van der Waals surface area contributed by atoms with Crippen LogP contribution >= 0.6 is 22.7 Å². The molecule has 0 bridgehead atoms. The van der Waals surface area contributed by atoms with Gasteiger partial charge in [-0.1, -0.05) is 33.0 Å². The molecule has 0 aliphatic heterocycles. The van der Waals surface area contributed by atoms with Crippen LogP contribution in [0.3, 0.4) is 0 Å². The fraction of sp³-hybridized carbons (Fsp3) is 0. The average Bonchev–Trinajstić information content (AvgIpc) is 2.26. The van der Waals surface area contributed by atoms with E-state index >= 15 is 0 Å². The van der Waals surface area contributed by atoms with Gasteiger partial charge in [0, 0.05) is 0 Å². The Balaban J connectivity index is 3.61. The highest BCUT2D eigenvalue weighted by Crippen LogP contribution is 2.27. The zero-order valence-electron chi connectivity index (χ0n) is 6.41. The Labute approximate surface area is 84.0 Å². The molecule has 4 N–H and O–H groups in total. The SMILES string of the molecule is O=Nc1sc(=N/O)/c(=N/O)sc1NO. The topological polar surface area (TPSA) is 127 Å². The fourth-order valence-electron chi connectivity index (χ4n) is 0.623. The lowest BCUT2D eigenvalue weighted by Crippen LogP contribution is -2.20. The van der Waals surface area contributed by atoms with E-state index in [1.165, 1.54) is 0 Å². The molecule has 0 aromatic carbocycles. The third kappa shape index (κ3) is 1.86. The van der Waals surface area contributed by atoms with E-state index < -0.39 is 0 Å². The maximum absolute atomic E-state index is 10.3. The first-order valence-corrected chi connectivity index (χ1v) is 4.68. The summed E-state index contributed by atoms with van der Waals surface area (Å²) in [7, 11) is 0. The van der Waals surface area contributed by atoms with Crippen molar-refractivity contribution in [3.05, 3.63) is 14.2 Å². The van der Waals surface area contributed by atoms with E-state index in [2.05, 4.69) is 15.5 Å². The fourth-order valence-corrected chi connectivity index (χ4v) is 2.18. The first-order valence-electron chi connectivity index (χ1n) is 3.04. The second-order valence-corrected chi connectivity index (χ2v) is 3.83. The Morgan fingerprint density at radius 2 is 1.71 bits per heavy atom. The molecule has 1 rings (SSSR count). The van der Waals surface area contributed by atoms with Crippen LogP contribution in [0.4, 0.5) is 10.0 Å². The molecule has 0 aliphatic rings. The largest absolute Gasteiger partial charge is 0.410 e. The van der Waals surface area contributed by atoms with Crippen molar-refractivity contribution in [3.63, 3.8) is 0 Å². The highest BCUT2D eigenvalue weighted by Gasteiger charge is 2.06. The van der Waals surface area contributed by atoms with E-state index in [4.69, 9.17) is 15.6 Å². The van der Waals surface area contributed by atoms with Gasteiger partial charge in [-0.15, -0.1) is 4.91 Å². The number of hydrogen-bond acceptors (Lipinski definition) is 10. The first-order chi connectivity index (χ1) is 6.76. The molecule has 0 aliphatic carbocycles. The average molecular weight is 236 g/mol. The van der Waals surface area contributed by atoms with Gasteiger partial charge in [0.15, 0.2) is 19.3 Å². The van der Waals surface area contributed by atoms with E-state index in [0.29, 0.717) is 22.7 Å². The molecule has 0 atom stereocenters. The minimum absolute atomic E-state index is 0.00481. The van der Waals surface area contributed by atoms with Crippen LogP contribution in [0, 0.1) is 4.91 Å². The van der Waals surface area contributed by atoms with Crippen molar-refractivity contribution >= 4 is 32.7 Å². The van der Waals surface area contributed by atoms with Crippen molar-refractivity contribution in [2.75, 3.05) is 5.48 Å². The zero-order valence-corrected chi connectivity index (χ0v) is 8.04. The van der Waals surface area contributed by atoms with Crippen molar-refractivity contribution in [3.8, 4) is 0 Å². The summed E-state index contributed by atoms with van der Waals surface area (Å²) < 4.78 is -0.132. The first kappa shape index (κ1) is 10.6. The van der Waals surface area contributed by atoms with Crippen LogP contribution in [0.15, 0.2) is 15.5 Å². The van der Waals surface area contributed by atoms with Crippen LogP contribution in [0.25, 0.3) is 0 Å². The lowest BCUT2D eigenvalue weighted by atomic mass is 10.8. The van der Waals surface area contributed by atoms with E-state index in [-0.39, 0.29) is 19.3 Å². The summed E-state index contributed by atoms with van der Waals surface area (Å²) >= 11 is 1.37. The molecule has 10 heteroatoms. The number of rotatable bonds is 2. The van der Waals surface area contributed by atoms with Gasteiger partial charge in [-0.05, 0) is 5.18 Å². The van der Waals surface area contributed by atoms with Crippen molar-refractivity contribution in [2.45, 2.75) is 0 Å². The summed E-state index contributed by atoms with van der Waals surface area (Å²) in [6, 6.07) is 0. The lowest BCUT2D eigenvalue weighted by Gasteiger charge is -1.97. The minimum atomic E-state index is -0.113. The molecular weight excluding hydrogens is 232 g/mol. The van der Waals surface area contributed by atoms with Gasteiger partial charge in [-0.3, -0.25) is 10.7 Å². The molecule has 0 fully saturated rings. The van der Waals surface area contributed by atoms with E-state index in [0.717, 1.165) is 0 Å². The van der Waals surface area contributed by atoms with Gasteiger partial charge >= 0.3 is 0 Å². The Hall–Kier alpha value is -1.52. The van der Waals surface area contributed by atoms with Gasteiger partial charge in [0.25, 0.3) is 0 Å². The summed E-state index contributed by atoms with van der Waals surface area (Å²) in [6.07, 6.45) is 0. The van der Waals surface area contributed by atoms with Crippen molar-refractivity contribution < 1.29 is 15.6 Å². The van der Waals surface area contributed by atoms with E-state index in [1.54, 1.807) is 5.48 Å². The number of hydrogen-bond donors (Lipinski definition) is 4. The lowest BCUT2D eigenvalue weighted by molar-refractivity contribution is 0.291. The van der Waals surface area contributed by atoms with Crippen LogP contribution in [0.1, 0.15) is 0 Å². The highest BCUT2D eigenvalue weighted by atomic mass is 32.1. The molecule has 0 saturated heterocycles. The molecule has 0 spiro atoms. The van der Waals surface area contributed by atoms with Crippen molar-refractivity contribution in [2.24, 2.45) is 15.5 Å². The Morgan fingerprint density at radius 3 is 2.14 bits per heavy atom. The van der Waals surface area contributed by atoms with Gasteiger partial charge in [-0.25, -0.2) is 0 Å². The quantitative estimate of drug-likeness (QED) is 0.339. The van der Waals surface area contributed by atoms with Crippen LogP contribution in [0.2, 0.25) is 0 Å². The highest BCUT2D eigenvalue weighted by molar-refractivity contribution is 7.22. The predicted molar refractivity (Wildman–Crippen MR) is 47.8 cm³/mol. The van der Waals surface area contributed by atoms with Crippen LogP contribution in [0.5, 0.6) is 0 Å². The number of anilines is 1. The molecule has 8 nitrogen and oxygen atoms in total. The zero-order chi connectivity index (χ0) is 10.6. The summed E-state index contributed by atoms with van der Waals surface area (Å²) in [5, 5.41) is 33.6. The second-order valence-electron chi connectivity index (χ2n) is 1.85. The molecular formula is C4H4N4O4S2. The number of nitroso groups, excluding NO2 is 1. The van der Waals surface area contributed by atoms with Crippen molar-refractivity contribution in [1.29, 1.82) is 0 Å². The normalized spacial score (nSPS) is 12.9. The predicted octanol–water partition coefficient (Wildman–Crippen LogP) is 0.588. The molecule has 0 unspecified atom stereocenters. The van der Waals surface area contributed by atoms with Crippen LogP contribution in [-0.4, -0.2) is 15.6 Å². The molecule has 1 aromatic heterocycles. The van der Waals surface area contributed by atoms with Gasteiger partial charge < -0.3 is 10.4 Å². The monoisotopic (exact) mass is 236 g/mol. The molecule has 14 heavy (non-hydrogen) atoms. The summed E-state index contributed by atoms with van der Waals surface area (Å²) in [5.74, 6) is 0. The smallest absolute Gasteiger partial charge is 0.198 e. The second kappa shape index (κ2) is 4.64. The Bertz CT molecular complexity index is 463.